The van der Waals surface area contributed by atoms with Gasteiger partial charge in [0, 0.05) is 18.4 Å². The van der Waals surface area contributed by atoms with Crippen molar-refractivity contribution in [3.05, 3.63) is 0 Å². The molecule has 1 amide bonds. The van der Waals surface area contributed by atoms with E-state index >= 15 is 0 Å². The Hall–Kier alpha value is -1.30. The van der Waals surface area contributed by atoms with Crippen LogP contribution in [0.1, 0.15) is 113 Å². The van der Waals surface area contributed by atoms with Crippen LogP contribution in [0.4, 0.5) is 0 Å². The quantitative estimate of drug-likeness (QED) is 0.316. The summed E-state index contributed by atoms with van der Waals surface area (Å²) in [6.07, 6.45) is 6.25. The summed E-state index contributed by atoms with van der Waals surface area (Å²) < 4.78 is 25.5. The van der Waals surface area contributed by atoms with Gasteiger partial charge in [-0.2, -0.15) is 0 Å². The Balaban J connectivity index is 1.12. The summed E-state index contributed by atoms with van der Waals surface area (Å²) in [5.74, 6) is 0.725. The molecule has 0 aromatic rings. The van der Waals surface area contributed by atoms with Gasteiger partial charge in [0.05, 0.1) is 49.7 Å². The molecule has 7 aliphatic rings. The zero-order valence-electron chi connectivity index (χ0n) is 31.3. The van der Waals surface area contributed by atoms with Crippen LogP contribution in [0.2, 0.25) is 0 Å². The second-order valence-electron chi connectivity index (χ2n) is 19.1. The Labute approximate surface area is 293 Å². The fourth-order valence-corrected chi connectivity index (χ4v) is 13.9. The number of aliphatic hydroxyl groups excluding tert-OH is 1. The van der Waals surface area contributed by atoms with Gasteiger partial charge in [0.1, 0.15) is 0 Å². The second-order valence-corrected chi connectivity index (χ2v) is 19.1. The van der Waals surface area contributed by atoms with Gasteiger partial charge in [-0.25, -0.2) is 0 Å². The molecule has 10 heteroatoms. The van der Waals surface area contributed by atoms with E-state index in [0.717, 1.165) is 32.1 Å². The van der Waals surface area contributed by atoms with Crippen molar-refractivity contribution in [2.75, 3.05) is 26.2 Å². The fourth-order valence-electron chi connectivity index (χ4n) is 13.9. The van der Waals surface area contributed by atoms with Crippen molar-refractivity contribution in [1.29, 1.82) is 0 Å². The molecule has 0 radical (unpaired) electrons. The normalized spacial score (nSPS) is 49.4. The van der Waals surface area contributed by atoms with E-state index in [1.807, 2.05) is 4.90 Å². The van der Waals surface area contributed by atoms with Gasteiger partial charge in [0.2, 0.25) is 5.91 Å². The maximum atomic E-state index is 12.6. The average Bonchev–Trinajstić information content (AvgIpc) is 3.65. The summed E-state index contributed by atoms with van der Waals surface area (Å²) in [6, 6.07) is 0. The monoisotopic (exact) mass is 688 g/mol. The van der Waals surface area contributed by atoms with Crippen LogP contribution in [0.25, 0.3) is 0 Å². The number of hydrogen-bond acceptors (Lipinski definition) is 9. The van der Waals surface area contributed by atoms with Crippen molar-refractivity contribution in [3.8, 4) is 0 Å². The molecule has 0 aromatic carbocycles. The van der Waals surface area contributed by atoms with Crippen molar-refractivity contribution in [1.82, 2.24) is 4.90 Å². The lowest BCUT2D eigenvalue weighted by molar-refractivity contribution is -0.248. The molecule has 7 rings (SSSR count). The van der Waals surface area contributed by atoms with Crippen LogP contribution < -0.4 is 5.73 Å². The molecule has 10 nitrogen and oxygen atoms in total. The number of nitrogens with zero attached hydrogens (tertiary/aromatic N) is 1. The summed E-state index contributed by atoms with van der Waals surface area (Å²) in [5.41, 5.74) is 4.28. The topological polar surface area (TPSA) is 141 Å². The number of amides is 1. The molecule has 14 atom stereocenters. The Morgan fingerprint density at radius 2 is 1.76 bits per heavy atom. The zero-order chi connectivity index (χ0) is 35.5. The van der Waals surface area contributed by atoms with Gasteiger partial charge in [-0.3, -0.25) is 14.5 Å². The van der Waals surface area contributed by atoms with Crippen molar-refractivity contribution >= 4 is 11.9 Å². The summed E-state index contributed by atoms with van der Waals surface area (Å²) >= 11 is 0. The van der Waals surface area contributed by atoms with Gasteiger partial charge in [0.25, 0.3) is 0 Å². The first-order chi connectivity index (χ1) is 22.9. The maximum absolute atomic E-state index is 12.6. The minimum Gasteiger partial charge on any atom is -0.457 e. The molecule has 5 aliphatic carbocycles. The van der Waals surface area contributed by atoms with Gasteiger partial charge >= 0.3 is 5.97 Å². The Morgan fingerprint density at radius 3 is 2.43 bits per heavy atom. The summed E-state index contributed by atoms with van der Waals surface area (Å²) in [7, 11) is 0. The molecule has 0 bridgehead atoms. The number of hydrogen-bond donors (Lipinski definition) is 3. The molecule has 278 valence electrons. The number of carbonyl (C=O) groups excluding carboxylic acids is 2. The third-order valence-corrected chi connectivity index (χ3v) is 16.2. The summed E-state index contributed by atoms with van der Waals surface area (Å²) in [6.45, 7) is 19.1. The third kappa shape index (κ3) is 5.14. The minimum absolute atomic E-state index is 0.0289. The van der Waals surface area contributed by atoms with E-state index in [9.17, 15) is 19.8 Å². The van der Waals surface area contributed by atoms with Gasteiger partial charge < -0.3 is 34.9 Å². The number of primary amides is 1. The summed E-state index contributed by atoms with van der Waals surface area (Å²) in [5, 5.41) is 23.7. The second kappa shape index (κ2) is 11.9. The van der Waals surface area contributed by atoms with E-state index in [1.165, 1.54) is 12.8 Å². The van der Waals surface area contributed by atoms with Crippen LogP contribution in [0.3, 0.4) is 0 Å². The first-order valence-electron chi connectivity index (χ1n) is 19.4. The van der Waals surface area contributed by atoms with Crippen molar-refractivity contribution < 1.29 is 38.7 Å². The number of ether oxygens (including phenoxy) is 4. The molecule has 2 heterocycles. The van der Waals surface area contributed by atoms with Crippen LogP contribution in [-0.4, -0.2) is 95.6 Å². The van der Waals surface area contributed by atoms with Crippen molar-refractivity contribution in [2.24, 2.45) is 56.5 Å². The molecular weight excluding hydrogens is 624 g/mol. The summed E-state index contributed by atoms with van der Waals surface area (Å²) in [4.78, 5) is 26.1. The van der Waals surface area contributed by atoms with Gasteiger partial charge in [-0.15, -0.1) is 0 Å². The van der Waals surface area contributed by atoms with Crippen LogP contribution in [0, 0.1) is 50.7 Å². The Kier molecular flexibility index (Phi) is 8.73. The SMILES string of the molecule is CCC(=O)O[C@@H]([C@H]1C[C@@H](C)[C@H]2C(O1)[C@H](O)[C@@]1(C)[C@@H]3CC[C@H]4C(C)(C)[C@@H](O[C@H]5CN(CC(N)=O)CCO5)CC[C@@]45C[C@@]35CC[C@]21C)C(C)(C)O. The molecule has 49 heavy (non-hydrogen) atoms. The number of rotatable bonds is 8. The fraction of sp³-hybridized carbons (Fsp3) is 0.949. The Morgan fingerprint density at radius 1 is 1.06 bits per heavy atom. The maximum Gasteiger partial charge on any atom is 0.305 e. The highest BCUT2D eigenvalue weighted by Crippen LogP contribution is 2.89. The largest absolute Gasteiger partial charge is 0.457 e. The van der Waals surface area contributed by atoms with Crippen LogP contribution in [-0.2, 0) is 28.5 Å². The lowest BCUT2D eigenvalue weighted by Crippen LogP contribution is -2.60. The predicted octanol–water partition coefficient (Wildman–Crippen LogP) is 4.42. The van der Waals surface area contributed by atoms with Crippen LogP contribution in [0.15, 0.2) is 0 Å². The standard InChI is InChI=1S/C39H64N2O8/c1-9-28(43)49-33(35(5,6)45)23-18-22(2)30-31(47-23)32(44)37(8)25-11-10-24-34(3,4)26(48-29-20-41(16-17-46-29)19-27(40)42)12-13-38(24)21-39(25,38)15-14-36(30,37)7/h22-26,29-33,44-45H,9-21H2,1-8H3,(H2,40,42)/t22-,23-,24+,25+,26+,29+,30+,31?,32+,33+,36-,37-,38-,39+/m1/s1. The first kappa shape index (κ1) is 36.1. The highest BCUT2D eigenvalue weighted by molar-refractivity contribution is 5.75. The lowest BCUT2D eigenvalue weighted by Gasteiger charge is -2.64. The number of carbonyl (C=O) groups is 2. The molecule has 2 aliphatic heterocycles. The van der Waals surface area contributed by atoms with E-state index in [-0.39, 0.29) is 82.3 Å². The molecular formula is C39H64N2O8. The van der Waals surface area contributed by atoms with E-state index < -0.39 is 23.9 Å². The van der Waals surface area contributed by atoms with Crippen molar-refractivity contribution in [3.63, 3.8) is 0 Å². The van der Waals surface area contributed by atoms with E-state index in [0.29, 0.717) is 38.0 Å². The number of morpholine rings is 1. The van der Waals surface area contributed by atoms with Gasteiger partial charge in [-0.05, 0) is 111 Å². The highest BCUT2D eigenvalue weighted by Gasteiger charge is 2.84. The Bertz CT molecular complexity index is 1320. The van der Waals surface area contributed by atoms with E-state index in [1.54, 1.807) is 20.8 Å². The number of fused-ring (bicyclic) bond motifs is 4. The molecule has 2 saturated heterocycles. The van der Waals surface area contributed by atoms with E-state index in [4.69, 9.17) is 24.7 Å². The molecule has 1 unspecified atom stereocenters. The number of nitrogens with two attached hydrogens (primary N) is 1. The molecule has 2 spiro atoms. The highest BCUT2D eigenvalue weighted by atomic mass is 16.7. The molecule has 4 N–H and O–H groups in total. The number of esters is 1. The van der Waals surface area contributed by atoms with Crippen LogP contribution >= 0.6 is 0 Å². The van der Waals surface area contributed by atoms with E-state index in [2.05, 4.69) is 34.6 Å². The lowest BCUT2D eigenvalue weighted by atomic mass is 9.41. The van der Waals surface area contributed by atoms with Gasteiger partial charge in [-0.1, -0.05) is 41.5 Å². The zero-order valence-corrected chi connectivity index (χ0v) is 31.3. The van der Waals surface area contributed by atoms with Gasteiger partial charge in [0.15, 0.2) is 12.4 Å². The van der Waals surface area contributed by atoms with Crippen LogP contribution in [0.5, 0.6) is 0 Å². The van der Waals surface area contributed by atoms with Crippen molar-refractivity contribution in [2.45, 2.75) is 156 Å². The smallest absolute Gasteiger partial charge is 0.305 e. The number of aliphatic hydroxyl groups is 2. The molecule has 5 saturated carbocycles. The minimum atomic E-state index is -1.27. The molecule has 7 fully saturated rings. The average molecular weight is 689 g/mol. The molecule has 0 aromatic heterocycles. The first-order valence-corrected chi connectivity index (χ1v) is 19.4. The third-order valence-electron chi connectivity index (χ3n) is 16.2. The predicted molar refractivity (Wildman–Crippen MR) is 183 cm³/mol.